The van der Waals surface area contributed by atoms with Gasteiger partial charge in [0.25, 0.3) is 0 Å². The second-order valence-electron chi connectivity index (χ2n) is 4.44. The number of nitrogens with two attached hydrogens (primary N) is 1. The maximum atomic E-state index is 11.9. The lowest BCUT2D eigenvalue weighted by atomic mass is 10.0. The fourth-order valence-corrected chi connectivity index (χ4v) is 1.94. The standard InChI is InChI=1S/C13H18BrNO/c1-9(2)4-3-5-13(16)11-8-10(14)6-7-12(11)15/h6-9H,3-5,15H2,1-2H3. The Balaban J connectivity index is 2.62. The molecule has 2 nitrogen and oxygen atoms in total. The maximum absolute atomic E-state index is 11.9. The average Bonchev–Trinajstić information content (AvgIpc) is 2.21. The molecule has 0 atom stereocenters. The Hall–Kier alpha value is -0.830. The lowest BCUT2D eigenvalue weighted by Gasteiger charge is -2.06. The Morgan fingerprint density at radius 3 is 2.75 bits per heavy atom. The Bertz CT molecular complexity index is 374. The minimum absolute atomic E-state index is 0.138. The highest BCUT2D eigenvalue weighted by Gasteiger charge is 2.10. The third kappa shape index (κ3) is 3.97. The Morgan fingerprint density at radius 2 is 2.12 bits per heavy atom. The van der Waals surface area contributed by atoms with E-state index in [-0.39, 0.29) is 5.78 Å². The number of carbonyl (C=O) groups excluding carboxylic acids is 1. The summed E-state index contributed by atoms with van der Waals surface area (Å²) in [6.45, 7) is 4.33. The zero-order valence-corrected chi connectivity index (χ0v) is 11.4. The molecule has 0 aromatic heterocycles. The van der Waals surface area contributed by atoms with Gasteiger partial charge in [0.1, 0.15) is 0 Å². The molecule has 0 radical (unpaired) electrons. The van der Waals surface area contributed by atoms with Crippen LogP contribution in [0.4, 0.5) is 5.69 Å². The summed E-state index contributed by atoms with van der Waals surface area (Å²) in [5.74, 6) is 0.784. The predicted octanol–water partition coefficient (Wildman–Crippen LogP) is 4.04. The summed E-state index contributed by atoms with van der Waals surface area (Å²) in [7, 11) is 0. The molecular weight excluding hydrogens is 266 g/mol. The second kappa shape index (κ2) is 6.04. The molecule has 16 heavy (non-hydrogen) atoms. The Labute approximate surface area is 105 Å². The first-order chi connectivity index (χ1) is 7.50. The zero-order chi connectivity index (χ0) is 12.1. The molecule has 0 aliphatic carbocycles. The monoisotopic (exact) mass is 283 g/mol. The first kappa shape index (κ1) is 13.2. The first-order valence-corrected chi connectivity index (χ1v) is 6.38. The highest BCUT2D eigenvalue weighted by atomic mass is 79.9. The number of halogens is 1. The summed E-state index contributed by atoms with van der Waals surface area (Å²) in [4.78, 5) is 11.9. The van der Waals surface area contributed by atoms with Crippen LogP contribution >= 0.6 is 15.9 Å². The van der Waals surface area contributed by atoms with E-state index in [2.05, 4.69) is 29.8 Å². The van der Waals surface area contributed by atoms with Crippen molar-refractivity contribution in [1.29, 1.82) is 0 Å². The quantitative estimate of drug-likeness (QED) is 0.655. The molecule has 0 saturated carbocycles. The molecule has 0 bridgehead atoms. The topological polar surface area (TPSA) is 43.1 Å². The van der Waals surface area contributed by atoms with Crippen LogP contribution in [0.1, 0.15) is 43.5 Å². The molecule has 0 saturated heterocycles. The Kier molecular flexibility index (Phi) is 5.00. The van der Waals surface area contributed by atoms with E-state index in [0.717, 1.165) is 17.3 Å². The minimum atomic E-state index is 0.138. The Morgan fingerprint density at radius 1 is 1.44 bits per heavy atom. The van der Waals surface area contributed by atoms with Crippen molar-refractivity contribution in [3.8, 4) is 0 Å². The van der Waals surface area contributed by atoms with Crippen LogP contribution in [0, 0.1) is 5.92 Å². The fourth-order valence-electron chi connectivity index (χ4n) is 1.58. The minimum Gasteiger partial charge on any atom is -0.398 e. The van der Waals surface area contributed by atoms with Crippen molar-refractivity contribution >= 4 is 27.4 Å². The second-order valence-corrected chi connectivity index (χ2v) is 5.36. The van der Waals surface area contributed by atoms with Gasteiger partial charge in [-0.05, 0) is 30.5 Å². The molecule has 0 aliphatic rings. The van der Waals surface area contributed by atoms with Gasteiger partial charge >= 0.3 is 0 Å². The molecule has 0 fully saturated rings. The molecule has 1 aromatic carbocycles. The van der Waals surface area contributed by atoms with E-state index in [1.165, 1.54) is 0 Å². The number of carbonyl (C=O) groups is 1. The van der Waals surface area contributed by atoms with Crippen LogP contribution < -0.4 is 5.73 Å². The number of nitrogen functional groups attached to an aromatic ring is 1. The van der Waals surface area contributed by atoms with Gasteiger partial charge in [0.15, 0.2) is 5.78 Å². The van der Waals surface area contributed by atoms with Crippen LogP contribution in [0.3, 0.4) is 0 Å². The molecule has 1 aromatic rings. The smallest absolute Gasteiger partial charge is 0.164 e. The van der Waals surface area contributed by atoms with Gasteiger partial charge in [-0.1, -0.05) is 36.2 Å². The van der Waals surface area contributed by atoms with Crippen LogP contribution in [0.25, 0.3) is 0 Å². The van der Waals surface area contributed by atoms with Crippen LogP contribution in [0.2, 0.25) is 0 Å². The van der Waals surface area contributed by atoms with E-state index in [4.69, 9.17) is 5.73 Å². The molecule has 3 heteroatoms. The molecule has 0 heterocycles. The number of ketones is 1. The number of benzene rings is 1. The van der Waals surface area contributed by atoms with Crippen LogP contribution in [0.5, 0.6) is 0 Å². The van der Waals surface area contributed by atoms with Gasteiger partial charge in [-0.15, -0.1) is 0 Å². The van der Waals surface area contributed by atoms with E-state index >= 15 is 0 Å². The number of rotatable bonds is 5. The molecule has 88 valence electrons. The van der Waals surface area contributed by atoms with Gasteiger partial charge in [-0.3, -0.25) is 4.79 Å². The maximum Gasteiger partial charge on any atom is 0.164 e. The molecule has 0 unspecified atom stereocenters. The van der Waals surface area contributed by atoms with Gasteiger partial charge < -0.3 is 5.73 Å². The molecule has 0 amide bonds. The van der Waals surface area contributed by atoms with E-state index in [9.17, 15) is 4.79 Å². The van der Waals surface area contributed by atoms with Crippen molar-refractivity contribution in [2.75, 3.05) is 5.73 Å². The lowest BCUT2D eigenvalue weighted by molar-refractivity contribution is 0.0979. The van der Waals surface area contributed by atoms with Gasteiger partial charge in [-0.25, -0.2) is 0 Å². The van der Waals surface area contributed by atoms with Gasteiger partial charge in [0.2, 0.25) is 0 Å². The van der Waals surface area contributed by atoms with Crippen molar-refractivity contribution in [2.45, 2.75) is 33.1 Å². The molecule has 1 rings (SSSR count). The number of anilines is 1. The van der Waals surface area contributed by atoms with Crippen molar-refractivity contribution in [2.24, 2.45) is 5.92 Å². The number of Topliss-reactive ketones (excluding diaryl/α,β-unsaturated/α-hetero) is 1. The molecule has 0 spiro atoms. The van der Waals surface area contributed by atoms with E-state index < -0.39 is 0 Å². The predicted molar refractivity (Wildman–Crippen MR) is 71.6 cm³/mol. The van der Waals surface area contributed by atoms with E-state index in [1.54, 1.807) is 12.1 Å². The summed E-state index contributed by atoms with van der Waals surface area (Å²) >= 11 is 3.35. The summed E-state index contributed by atoms with van der Waals surface area (Å²) in [5.41, 5.74) is 6.98. The van der Waals surface area contributed by atoms with Crippen LogP contribution in [-0.4, -0.2) is 5.78 Å². The highest BCUT2D eigenvalue weighted by Crippen LogP contribution is 2.21. The molecule has 0 aliphatic heterocycles. The van der Waals surface area contributed by atoms with Gasteiger partial charge in [-0.2, -0.15) is 0 Å². The zero-order valence-electron chi connectivity index (χ0n) is 9.79. The summed E-state index contributed by atoms with van der Waals surface area (Å²) in [6, 6.07) is 5.41. The summed E-state index contributed by atoms with van der Waals surface area (Å²) in [6.07, 6.45) is 2.60. The van der Waals surface area contributed by atoms with Gasteiger partial charge in [0, 0.05) is 22.1 Å². The van der Waals surface area contributed by atoms with E-state index in [0.29, 0.717) is 23.6 Å². The van der Waals surface area contributed by atoms with Crippen molar-refractivity contribution < 1.29 is 4.79 Å². The van der Waals surface area contributed by atoms with Crippen LogP contribution in [0.15, 0.2) is 22.7 Å². The van der Waals surface area contributed by atoms with Crippen molar-refractivity contribution in [3.63, 3.8) is 0 Å². The van der Waals surface area contributed by atoms with Crippen LogP contribution in [-0.2, 0) is 0 Å². The largest absolute Gasteiger partial charge is 0.398 e. The SMILES string of the molecule is CC(C)CCCC(=O)c1cc(Br)ccc1N. The fraction of sp³-hybridized carbons (Fsp3) is 0.462. The molecular formula is C13H18BrNO. The van der Waals surface area contributed by atoms with E-state index in [1.807, 2.05) is 6.07 Å². The normalized spacial score (nSPS) is 10.8. The number of hydrogen-bond acceptors (Lipinski definition) is 2. The van der Waals surface area contributed by atoms with Crippen molar-refractivity contribution in [1.82, 2.24) is 0 Å². The number of hydrogen-bond donors (Lipinski definition) is 1. The third-order valence-corrected chi connectivity index (χ3v) is 2.99. The van der Waals surface area contributed by atoms with Crippen molar-refractivity contribution in [3.05, 3.63) is 28.2 Å². The first-order valence-electron chi connectivity index (χ1n) is 5.59. The molecule has 2 N–H and O–H groups in total. The summed E-state index contributed by atoms with van der Waals surface area (Å²) < 4.78 is 0.897. The highest BCUT2D eigenvalue weighted by molar-refractivity contribution is 9.10. The summed E-state index contributed by atoms with van der Waals surface area (Å²) in [5, 5.41) is 0. The third-order valence-electron chi connectivity index (χ3n) is 2.50. The lowest BCUT2D eigenvalue weighted by Crippen LogP contribution is -2.04. The van der Waals surface area contributed by atoms with Gasteiger partial charge in [0.05, 0.1) is 0 Å². The average molecular weight is 284 g/mol.